The van der Waals surface area contributed by atoms with E-state index in [0.29, 0.717) is 25.4 Å². The lowest BCUT2D eigenvalue weighted by atomic mass is 9.68. The molecule has 3 aliphatic rings. The minimum atomic E-state index is -0.847. The van der Waals surface area contributed by atoms with Crippen molar-refractivity contribution >= 4 is 12.0 Å². The van der Waals surface area contributed by atoms with Crippen LogP contribution in [0, 0.1) is 5.92 Å². The van der Waals surface area contributed by atoms with Crippen molar-refractivity contribution in [2.24, 2.45) is 5.92 Å². The van der Waals surface area contributed by atoms with Crippen molar-refractivity contribution in [3.63, 3.8) is 0 Å². The minimum absolute atomic E-state index is 0.0319. The molecule has 1 aliphatic carbocycles. The summed E-state index contributed by atoms with van der Waals surface area (Å²) in [6.45, 7) is 7.35. The van der Waals surface area contributed by atoms with E-state index >= 15 is 0 Å². The number of carbonyl (C=O) groups excluding carboxylic acids is 1. The van der Waals surface area contributed by atoms with Crippen LogP contribution >= 0.6 is 0 Å². The van der Waals surface area contributed by atoms with Crippen LogP contribution in [0.15, 0.2) is 66.3 Å². The van der Waals surface area contributed by atoms with Gasteiger partial charge in [0, 0.05) is 13.2 Å². The molecular weight excluding hydrogens is 496 g/mol. The third-order valence-corrected chi connectivity index (χ3v) is 8.02. The van der Waals surface area contributed by atoms with Gasteiger partial charge in [0.05, 0.1) is 31.3 Å². The summed E-state index contributed by atoms with van der Waals surface area (Å²) in [7, 11) is 1.67. The Morgan fingerprint density at radius 2 is 1.77 bits per heavy atom. The van der Waals surface area contributed by atoms with Gasteiger partial charge in [0.2, 0.25) is 0 Å². The second-order valence-electron chi connectivity index (χ2n) is 11.2. The average molecular weight is 535 g/mol. The Balaban J connectivity index is 1.16. The molecular formula is C32H38O7. The maximum Gasteiger partial charge on any atom is 0.331 e. The van der Waals surface area contributed by atoms with Gasteiger partial charge in [-0.05, 0) is 81.5 Å². The number of benzene rings is 2. The number of hydrogen-bond donors (Lipinski definition) is 1. The Bertz CT molecular complexity index is 1210. The van der Waals surface area contributed by atoms with Gasteiger partial charge in [-0.25, -0.2) is 4.79 Å². The maximum atomic E-state index is 12.7. The first-order valence-corrected chi connectivity index (χ1v) is 13.6. The summed E-state index contributed by atoms with van der Waals surface area (Å²) in [5.41, 5.74) is 2.29. The van der Waals surface area contributed by atoms with Crippen molar-refractivity contribution in [3.05, 3.63) is 77.4 Å². The van der Waals surface area contributed by atoms with Crippen molar-refractivity contribution in [1.82, 2.24) is 0 Å². The molecule has 0 radical (unpaired) electrons. The van der Waals surface area contributed by atoms with E-state index in [0.717, 1.165) is 29.7 Å². The number of carbonyl (C=O) groups is 1. The Hall–Kier alpha value is -2.97. The average Bonchev–Trinajstić information content (AvgIpc) is 3.83. The smallest absolute Gasteiger partial charge is 0.331 e. The standard InChI is InChI=1S/C32H38O7/c1-21(2)5-15-27-31(3,39-27)30-29(34)26(17-18-32(30)20-36-32)38-28(33)16-10-22-6-11-24(12-7-22)37-25-13-8-23(9-14-25)19-35-4/h5-14,16,26-27,29-30,34H,15,17-20H2,1-4H3/b16-10+/t26-,27?,29-,30-,31?,32+/m1/s1. The molecule has 0 amide bonds. The summed E-state index contributed by atoms with van der Waals surface area (Å²) in [5, 5.41) is 11.3. The molecule has 1 spiro atoms. The van der Waals surface area contributed by atoms with Gasteiger partial charge in [0.1, 0.15) is 28.8 Å². The van der Waals surface area contributed by atoms with Gasteiger partial charge in [-0.1, -0.05) is 35.9 Å². The second kappa shape index (κ2) is 11.3. The molecule has 2 unspecified atom stereocenters. The van der Waals surface area contributed by atoms with E-state index in [2.05, 4.69) is 19.9 Å². The fourth-order valence-corrected chi connectivity index (χ4v) is 5.77. The van der Waals surface area contributed by atoms with E-state index in [1.54, 1.807) is 13.2 Å². The van der Waals surface area contributed by atoms with Gasteiger partial charge < -0.3 is 28.8 Å². The molecule has 7 heteroatoms. The zero-order valence-electron chi connectivity index (χ0n) is 23.1. The van der Waals surface area contributed by atoms with Crippen molar-refractivity contribution in [2.75, 3.05) is 13.7 Å². The molecule has 208 valence electrons. The van der Waals surface area contributed by atoms with Crippen LogP contribution in [-0.2, 0) is 30.3 Å². The van der Waals surface area contributed by atoms with Crippen LogP contribution in [0.2, 0.25) is 0 Å². The van der Waals surface area contributed by atoms with Crippen LogP contribution in [0.25, 0.3) is 6.08 Å². The summed E-state index contributed by atoms with van der Waals surface area (Å²) in [5.74, 6) is 0.711. The quantitative estimate of drug-likeness (QED) is 0.184. The maximum absolute atomic E-state index is 12.7. The molecule has 0 bridgehead atoms. The lowest BCUT2D eigenvalue weighted by Gasteiger charge is -2.40. The van der Waals surface area contributed by atoms with Gasteiger partial charge in [-0.3, -0.25) is 0 Å². The highest BCUT2D eigenvalue weighted by atomic mass is 16.6. The lowest BCUT2D eigenvalue weighted by Crippen LogP contribution is -2.54. The number of ether oxygens (including phenoxy) is 5. The predicted molar refractivity (Wildman–Crippen MR) is 147 cm³/mol. The Labute approximate surface area is 230 Å². The monoisotopic (exact) mass is 534 g/mol. The molecule has 2 saturated heterocycles. The fraction of sp³-hybridized carbons (Fsp3) is 0.469. The summed E-state index contributed by atoms with van der Waals surface area (Å²) in [6, 6.07) is 15.2. The van der Waals surface area contributed by atoms with E-state index < -0.39 is 23.8 Å². The topological polar surface area (TPSA) is 90.1 Å². The van der Waals surface area contributed by atoms with Crippen molar-refractivity contribution in [3.8, 4) is 11.5 Å². The van der Waals surface area contributed by atoms with Crippen molar-refractivity contribution in [1.29, 1.82) is 0 Å². The highest BCUT2D eigenvalue weighted by Crippen LogP contribution is 2.59. The van der Waals surface area contributed by atoms with Crippen LogP contribution in [0.3, 0.4) is 0 Å². The number of esters is 1. The normalized spacial score (nSPS) is 31.2. The molecule has 3 fully saturated rings. The highest BCUT2D eigenvalue weighted by Gasteiger charge is 2.71. The fourth-order valence-electron chi connectivity index (χ4n) is 5.77. The number of aliphatic hydroxyl groups excluding tert-OH is 1. The molecule has 6 atom stereocenters. The van der Waals surface area contributed by atoms with Crippen molar-refractivity contribution in [2.45, 2.75) is 76.2 Å². The van der Waals surface area contributed by atoms with E-state index in [9.17, 15) is 9.90 Å². The number of allylic oxidation sites excluding steroid dienone is 1. The number of aliphatic hydroxyl groups is 1. The van der Waals surface area contributed by atoms with E-state index in [4.69, 9.17) is 23.7 Å². The molecule has 1 N–H and O–H groups in total. The van der Waals surface area contributed by atoms with Crippen LogP contribution in [0.1, 0.15) is 51.2 Å². The number of rotatable bonds is 10. The third-order valence-electron chi connectivity index (χ3n) is 8.02. The van der Waals surface area contributed by atoms with Gasteiger partial charge >= 0.3 is 5.97 Å². The van der Waals surface area contributed by atoms with Crippen LogP contribution in [-0.4, -0.2) is 54.3 Å². The number of epoxide rings is 2. The van der Waals surface area contributed by atoms with E-state index in [1.165, 1.54) is 11.6 Å². The molecule has 39 heavy (non-hydrogen) atoms. The predicted octanol–water partition coefficient (Wildman–Crippen LogP) is 5.60. The first-order chi connectivity index (χ1) is 18.7. The molecule has 2 aromatic carbocycles. The molecule has 2 aromatic rings. The van der Waals surface area contributed by atoms with Crippen LogP contribution in [0.5, 0.6) is 11.5 Å². The molecule has 0 aromatic heterocycles. The number of hydrogen-bond acceptors (Lipinski definition) is 7. The largest absolute Gasteiger partial charge is 0.457 e. The van der Waals surface area contributed by atoms with E-state index in [-0.39, 0.29) is 17.6 Å². The SMILES string of the molecule is COCc1ccc(Oc2ccc(/C=C/C(=O)O[C@@H]3CC[C@]4(CO4)[C@@H](C4(C)OC4CC=C(C)C)[C@@H]3O)cc2)cc1. The number of methoxy groups -OCH3 is 1. The molecule has 2 aliphatic heterocycles. The lowest BCUT2D eigenvalue weighted by molar-refractivity contribution is -0.162. The van der Waals surface area contributed by atoms with Crippen molar-refractivity contribution < 1.29 is 33.6 Å². The van der Waals surface area contributed by atoms with Gasteiger partial charge in [0.25, 0.3) is 0 Å². The minimum Gasteiger partial charge on any atom is -0.457 e. The first-order valence-electron chi connectivity index (χ1n) is 13.6. The second-order valence-corrected chi connectivity index (χ2v) is 11.2. The Kier molecular flexibility index (Phi) is 7.96. The van der Waals surface area contributed by atoms with Crippen LogP contribution in [0.4, 0.5) is 0 Å². The van der Waals surface area contributed by atoms with Gasteiger partial charge in [-0.15, -0.1) is 0 Å². The van der Waals surface area contributed by atoms with Crippen LogP contribution < -0.4 is 4.74 Å². The molecule has 7 nitrogen and oxygen atoms in total. The van der Waals surface area contributed by atoms with E-state index in [1.807, 2.05) is 55.5 Å². The zero-order chi connectivity index (χ0) is 27.6. The van der Waals surface area contributed by atoms with Gasteiger partial charge in [0.15, 0.2) is 0 Å². The summed E-state index contributed by atoms with van der Waals surface area (Å²) < 4.78 is 28.7. The molecule has 1 saturated carbocycles. The first kappa shape index (κ1) is 27.6. The Morgan fingerprint density at radius 1 is 1.10 bits per heavy atom. The summed E-state index contributed by atoms with van der Waals surface area (Å²) in [6.07, 6.45) is 5.94. The summed E-state index contributed by atoms with van der Waals surface area (Å²) >= 11 is 0. The summed E-state index contributed by atoms with van der Waals surface area (Å²) in [4.78, 5) is 12.7. The third kappa shape index (κ3) is 6.28. The molecule has 2 heterocycles. The Morgan fingerprint density at radius 3 is 2.38 bits per heavy atom. The zero-order valence-corrected chi connectivity index (χ0v) is 23.1. The molecule has 5 rings (SSSR count). The van der Waals surface area contributed by atoms with Gasteiger partial charge in [-0.2, -0.15) is 0 Å². The highest BCUT2D eigenvalue weighted by molar-refractivity contribution is 5.87.